The van der Waals surface area contributed by atoms with Crippen LogP contribution in [0, 0.1) is 0 Å². The normalized spacial score (nSPS) is 13.9. The summed E-state index contributed by atoms with van der Waals surface area (Å²) in [6.45, 7) is 0. The first-order valence-corrected chi connectivity index (χ1v) is 11.8. The van der Waals surface area contributed by atoms with Crippen molar-refractivity contribution in [2.24, 2.45) is 7.05 Å². The predicted octanol–water partition coefficient (Wildman–Crippen LogP) is 6.18. The Hall–Kier alpha value is -4.21. The Bertz CT molecular complexity index is 1600. The molecule has 1 fully saturated rings. The highest BCUT2D eigenvalue weighted by Gasteiger charge is 2.35. The average molecular weight is 506 g/mol. The molecule has 3 aromatic heterocycles. The molecule has 7 nitrogen and oxygen atoms in total. The maximum Gasteiger partial charge on any atom is 0.434 e. The van der Waals surface area contributed by atoms with Crippen LogP contribution < -0.4 is 4.74 Å². The van der Waals surface area contributed by atoms with Crippen LogP contribution in [0.3, 0.4) is 0 Å². The monoisotopic (exact) mass is 505 g/mol. The van der Waals surface area contributed by atoms with Gasteiger partial charge in [0.05, 0.1) is 12.8 Å². The predicted molar refractivity (Wildman–Crippen MR) is 130 cm³/mol. The highest BCUT2D eigenvalue weighted by Crippen LogP contribution is 2.46. The molecule has 1 aliphatic rings. The van der Waals surface area contributed by atoms with Crippen LogP contribution in [0.25, 0.3) is 33.9 Å². The summed E-state index contributed by atoms with van der Waals surface area (Å²) in [5.41, 5.74) is 4.55. The smallest absolute Gasteiger partial charge is 0.434 e. The molecule has 188 valence electrons. The van der Waals surface area contributed by atoms with Crippen LogP contribution in [0.5, 0.6) is 5.88 Å². The fraction of sp³-hybridized carbons (Fsp3) is 0.259. The third kappa shape index (κ3) is 4.32. The molecular formula is C27H22F3N5O2. The highest BCUT2D eigenvalue weighted by molar-refractivity contribution is 5.81. The highest BCUT2D eigenvalue weighted by atomic mass is 19.4. The summed E-state index contributed by atoms with van der Waals surface area (Å²) >= 11 is 0. The SMILES string of the molecule is COc1ncnc(C2CC2)c1-c1nc2cccc(Cc3ccc(-c4nc(C(F)(F)F)cn4C)cc3)c2o1. The van der Waals surface area contributed by atoms with Crippen molar-refractivity contribution in [2.45, 2.75) is 31.4 Å². The molecule has 37 heavy (non-hydrogen) atoms. The van der Waals surface area contributed by atoms with E-state index in [4.69, 9.17) is 14.1 Å². The number of rotatable bonds is 6. The van der Waals surface area contributed by atoms with E-state index in [1.807, 2.05) is 30.3 Å². The van der Waals surface area contributed by atoms with E-state index in [-0.39, 0.29) is 5.82 Å². The van der Waals surface area contributed by atoms with Gasteiger partial charge >= 0.3 is 6.18 Å². The molecule has 1 aliphatic carbocycles. The van der Waals surface area contributed by atoms with E-state index >= 15 is 0 Å². The van der Waals surface area contributed by atoms with Crippen molar-refractivity contribution in [2.75, 3.05) is 7.11 Å². The van der Waals surface area contributed by atoms with E-state index in [1.165, 1.54) is 10.9 Å². The molecule has 0 aliphatic heterocycles. The first kappa shape index (κ1) is 23.2. The minimum Gasteiger partial charge on any atom is -0.480 e. The molecule has 0 atom stereocenters. The van der Waals surface area contributed by atoms with Gasteiger partial charge in [0.25, 0.3) is 0 Å². The van der Waals surface area contributed by atoms with Gasteiger partial charge in [0.1, 0.15) is 23.2 Å². The third-order valence-electron chi connectivity index (χ3n) is 6.48. The van der Waals surface area contributed by atoms with Crippen LogP contribution in [0.15, 0.2) is 59.4 Å². The van der Waals surface area contributed by atoms with Crippen LogP contribution in [-0.4, -0.2) is 31.6 Å². The Kier molecular flexibility index (Phi) is 5.47. The van der Waals surface area contributed by atoms with Crippen molar-refractivity contribution < 1.29 is 22.3 Å². The van der Waals surface area contributed by atoms with E-state index in [0.717, 1.165) is 35.9 Å². The third-order valence-corrected chi connectivity index (χ3v) is 6.48. The molecule has 0 spiro atoms. The molecule has 10 heteroatoms. The summed E-state index contributed by atoms with van der Waals surface area (Å²) in [5.74, 6) is 1.47. The van der Waals surface area contributed by atoms with Crippen molar-refractivity contribution in [1.82, 2.24) is 24.5 Å². The Morgan fingerprint density at radius 1 is 1.05 bits per heavy atom. The molecule has 0 amide bonds. The summed E-state index contributed by atoms with van der Waals surface area (Å²) in [7, 11) is 3.12. The number of halogens is 3. The zero-order valence-corrected chi connectivity index (χ0v) is 20.1. The lowest BCUT2D eigenvalue weighted by molar-refractivity contribution is -0.140. The number of oxazole rings is 1. The number of ether oxygens (including phenoxy) is 1. The largest absolute Gasteiger partial charge is 0.480 e. The van der Waals surface area contributed by atoms with Gasteiger partial charge in [-0.15, -0.1) is 0 Å². The van der Waals surface area contributed by atoms with Gasteiger partial charge in [-0.1, -0.05) is 36.4 Å². The molecule has 0 bridgehead atoms. The standard InChI is InChI=1S/C27H22F3N5O2/c1-35-13-20(27(28,29)30)34-24(35)17-8-6-15(7-9-17)12-18-4-3-5-19-23(18)37-26(33-19)21-22(16-10-11-16)31-14-32-25(21)36-2/h3-9,13-14,16H,10-12H2,1-2H3. The molecule has 0 radical (unpaired) electrons. The number of methoxy groups -OCH3 is 1. The fourth-order valence-electron chi connectivity index (χ4n) is 4.52. The Morgan fingerprint density at radius 3 is 2.51 bits per heavy atom. The van der Waals surface area contributed by atoms with Gasteiger partial charge in [0.15, 0.2) is 11.3 Å². The van der Waals surface area contributed by atoms with E-state index in [2.05, 4.69) is 15.0 Å². The number of imidazole rings is 1. The fourth-order valence-corrected chi connectivity index (χ4v) is 4.52. The molecule has 0 N–H and O–H groups in total. The number of fused-ring (bicyclic) bond motifs is 1. The molecule has 5 aromatic rings. The lowest BCUT2D eigenvalue weighted by Crippen LogP contribution is -2.04. The average Bonchev–Trinajstić information content (AvgIpc) is 3.51. The second-order valence-corrected chi connectivity index (χ2v) is 9.13. The van der Waals surface area contributed by atoms with E-state index < -0.39 is 11.9 Å². The number of hydrogen-bond acceptors (Lipinski definition) is 6. The molecule has 2 aromatic carbocycles. The maximum absolute atomic E-state index is 13.0. The first-order valence-electron chi connectivity index (χ1n) is 11.8. The number of para-hydroxylation sites is 1. The zero-order valence-electron chi connectivity index (χ0n) is 20.1. The minimum atomic E-state index is -4.49. The topological polar surface area (TPSA) is 78.9 Å². The molecule has 0 saturated heterocycles. The van der Waals surface area contributed by atoms with Gasteiger partial charge in [-0.05, 0) is 24.5 Å². The summed E-state index contributed by atoms with van der Waals surface area (Å²) < 4.78 is 52.3. The van der Waals surface area contributed by atoms with Gasteiger partial charge < -0.3 is 13.7 Å². The van der Waals surface area contributed by atoms with Crippen LogP contribution in [0.2, 0.25) is 0 Å². The number of aromatic nitrogens is 5. The quantitative estimate of drug-likeness (QED) is 0.274. The molecule has 6 rings (SSSR count). The molecular weight excluding hydrogens is 483 g/mol. The van der Waals surface area contributed by atoms with Crippen LogP contribution in [0.4, 0.5) is 13.2 Å². The first-order chi connectivity index (χ1) is 17.8. The lowest BCUT2D eigenvalue weighted by Gasteiger charge is -2.08. The summed E-state index contributed by atoms with van der Waals surface area (Å²) in [5, 5.41) is 0. The number of hydrogen-bond donors (Lipinski definition) is 0. The lowest BCUT2D eigenvalue weighted by atomic mass is 10.0. The second kappa shape index (κ2) is 8.72. The Labute approximate surface area is 210 Å². The molecule has 1 saturated carbocycles. The van der Waals surface area contributed by atoms with Crippen molar-refractivity contribution in [3.63, 3.8) is 0 Å². The number of benzene rings is 2. The van der Waals surface area contributed by atoms with Crippen LogP contribution >= 0.6 is 0 Å². The minimum absolute atomic E-state index is 0.256. The molecule has 3 heterocycles. The van der Waals surface area contributed by atoms with Crippen LogP contribution in [-0.2, 0) is 19.6 Å². The number of aryl methyl sites for hydroxylation is 1. The van der Waals surface area contributed by atoms with E-state index in [1.54, 1.807) is 26.3 Å². The van der Waals surface area contributed by atoms with Crippen molar-refractivity contribution in [3.8, 4) is 28.7 Å². The summed E-state index contributed by atoms with van der Waals surface area (Å²) in [6, 6.07) is 13.1. The van der Waals surface area contributed by atoms with Crippen molar-refractivity contribution >= 4 is 11.1 Å². The summed E-state index contributed by atoms with van der Waals surface area (Å²) in [4.78, 5) is 17.2. The van der Waals surface area contributed by atoms with Gasteiger partial charge in [-0.25, -0.2) is 19.9 Å². The van der Waals surface area contributed by atoms with Crippen LogP contribution in [0.1, 0.15) is 41.3 Å². The summed E-state index contributed by atoms with van der Waals surface area (Å²) in [6.07, 6.45) is 0.683. The maximum atomic E-state index is 13.0. The van der Waals surface area contributed by atoms with E-state index in [0.29, 0.717) is 46.3 Å². The van der Waals surface area contributed by atoms with Gasteiger partial charge in [-0.3, -0.25) is 0 Å². The van der Waals surface area contributed by atoms with Gasteiger partial charge in [0.2, 0.25) is 11.8 Å². The van der Waals surface area contributed by atoms with Gasteiger partial charge in [0, 0.05) is 36.7 Å². The number of alkyl halides is 3. The number of nitrogens with zero attached hydrogens (tertiary/aromatic N) is 5. The molecule has 0 unspecified atom stereocenters. The second-order valence-electron chi connectivity index (χ2n) is 9.13. The Balaban J connectivity index is 1.32. The Morgan fingerprint density at radius 2 is 1.84 bits per heavy atom. The zero-order chi connectivity index (χ0) is 25.7. The van der Waals surface area contributed by atoms with E-state index in [9.17, 15) is 13.2 Å². The van der Waals surface area contributed by atoms with Crippen molar-refractivity contribution in [1.29, 1.82) is 0 Å². The van der Waals surface area contributed by atoms with Gasteiger partial charge in [-0.2, -0.15) is 13.2 Å². The van der Waals surface area contributed by atoms with Crippen molar-refractivity contribution in [3.05, 3.63) is 77.5 Å².